The van der Waals surface area contributed by atoms with Gasteiger partial charge in [-0.2, -0.15) is 18.4 Å². The lowest BCUT2D eigenvalue weighted by molar-refractivity contribution is -0.137. The number of halogens is 3. The minimum Gasteiger partial charge on any atom is -0.454 e. The molecule has 0 unspecified atom stereocenters. The predicted molar refractivity (Wildman–Crippen MR) is 98.9 cm³/mol. The molecule has 4 rings (SSSR count). The molecule has 1 N–H and O–H groups in total. The molecule has 0 aliphatic carbocycles. The van der Waals surface area contributed by atoms with Gasteiger partial charge in [0.1, 0.15) is 0 Å². The first-order valence-electron chi connectivity index (χ1n) is 9.24. The van der Waals surface area contributed by atoms with Crippen molar-refractivity contribution in [3.05, 3.63) is 53.1 Å². The molecular formula is C21H19F3N2O3. The third-order valence-corrected chi connectivity index (χ3v) is 5.51. The van der Waals surface area contributed by atoms with E-state index in [1.54, 1.807) is 6.07 Å². The molecule has 0 aromatic heterocycles. The summed E-state index contributed by atoms with van der Waals surface area (Å²) in [4.78, 5) is 0. The zero-order valence-electron chi connectivity index (χ0n) is 15.5. The molecule has 0 spiro atoms. The standard InChI is InChI=1S/C21H19F3N2O3/c22-21(23,24)17-10-16(3-1-14(17)11-25)26-12-20(5-7-27-8-6-20)15-2-4-18-19(9-15)29-13-28-18/h1-4,9-10,26H,5-8,12-13H2. The Hall–Kier alpha value is -2.92. The summed E-state index contributed by atoms with van der Waals surface area (Å²) in [5.74, 6) is 1.36. The number of nitriles is 1. The highest BCUT2D eigenvalue weighted by molar-refractivity contribution is 5.54. The van der Waals surface area contributed by atoms with Gasteiger partial charge in [-0.3, -0.25) is 0 Å². The van der Waals surface area contributed by atoms with Crippen LogP contribution in [0.1, 0.15) is 29.5 Å². The molecule has 0 amide bonds. The van der Waals surface area contributed by atoms with Crippen molar-refractivity contribution in [2.24, 2.45) is 0 Å². The number of anilines is 1. The zero-order chi connectivity index (χ0) is 20.5. The van der Waals surface area contributed by atoms with Crippen LogP contribution >= 0.6 is 0 Å². The molecule has 5 nitrogen and oxygen atoms in total. The molecule has 8 heteroatoms. The Labute approximate surface area is 166 Å². The Morgan fingerprint density at radius 1 is 1.03 bits per heavy atom. The van der Waals surface area contributed by atoms with Crippen LogP contribution in [-0.2, 0) is 16.3 Å². The summed E-state index contributed by atoms with van der Waals surface area (Å²) >= 11 is 0. The summed E-state index contributed by atoms with van der Waals surface area (Å²) in [7, 11) is 0. The lowest BCUT2D eigenvalue weighted by atomic mass is 9.74. The van der Waals surface area contributed by atoms with Crippen LogP contribution in [0.4, 0.5) is 18.9 Å². The van der Waals surface area contributed by atoms with Gasteiger partial charge in [0.25, 0.3) is 0 Å². The number of fused-ring (bicyclic) bond motifs is 1. The Balaban J connectivity index is 1.61. The highest BCUT2D eigenvalue weighted by Crippen LogP contribution is 2.41. The SMILES string of the molecule is N#Cc1ccc(NCC2(c3ccc4c(c3)OCO4)CCOCC2)cc1C(F)(F)F. The molecule has 1 fully saturated rings. The quantitative estimate of drug-likeness (QED) is 0.815. The molecule has 152 valence electrons. The van der Waals surface area contributed by atoms with Crippen molar-refractivity contribution in [1.29, 1.82) is 5.26 Å². The van der Waals surface area contributed by atoms with Gasteiger partial charge in [-0.1, -0.05) is 6.07 Å². The van der Waals surface area contributed by atoms with E-state index in [2.05, 4.69) is 5.32 Å². The number of benzene rings is 2. The first-order valence-corrected chi connectivity index (χ1v) is 9.24. The molecule has 2 heterocycles. The molecule has 2 aliphatic rings. The highest BCUT2D eigenvalue weighted by atomic mass is 19.4. The fourth-order valence-electron chi connectivity index (χ4n) is 3.81. The van der Waals surface area contributed by atoms with Crippen LogP contribution in [0, 0.1) is 11.3 Å². The largest absolute Gasteiger partial charge is 0.454 e. The first kappa shape index (κ1) is 19.4. The van der Waals surface area contributed by atoms with Gasteiger partial charge in [-0.25, -0.2) is 0 Å². The van der Waals surface area contributed by atoms with Gasteiger partial charge in [-0.15, -0.1) is 0 Å². The van der Waals surface area contributed by atoms with Gasteiger partial charge in [0.15, 0.2) is 11.5 Å². The van der Waals surface area contributed by atoms with Gasteiger partial charge >= 0.3 is 6.18 Å². The zero-order valence-corrected chi connectivity index (χ0v) is 15.5. The van der Waals surface area contributed by atoms with Crippen molar-refractivity contribution < 1.29 is 27.4 Å². The molecule has 0 bridgehead atoms. The lowest BCUT2D eigenvalue weighted by Gasteiger charge is -2.38. The average molecular weight is 404 g/mol. The third-order valence-electron chi connectivity index (χ3n) is 5.51. The number of rotatable bonds is 4. The van der Waals surface area contributed by atoms with Crippen molar-refractivity contribution >= 4 is 5.69 Å². The molecule has 0 atom stereocenters. The van der Waals surface area contributed by atoms with E-state index in [0.717, 1.165) is 24.5 Å². The van der Waals surface area contributed by atoms with Crippen LogP contribution in [-0.4, -0.2) is 26.6 Å². The van der Waals surface area contributed by atoms with Crippen LogP contribution in [0.15, 0.2) is 36.4 Å². The Morgan fingerprint density at radius 3 is 2.52 bits per heavy atom. The maximum Gasteiger partial charge on any atom is 0.417 e. The second kappa shape index (κ2) is 7.48. The Kier molecular flexibility index (Phi) is 5.01. The molecule has 0 radical (unpaired) electrons. The lowest BCUT2D eigenvalue weighted by Crippen LogP contribution is -2.40. The van der Waals surface area contributed by atoms with Crippen molar-refractivity contribution in [3.8, 4) is 17.6 Å². The molecular weight excluding hydrogens is 385 g/mol. The summed E-state index contributed by atoms with van der Waals surface area (Å²) in [5.41, 5.74) is -0.287. The van der Waals surface area contributed by atoms with E-state index < -0.39 is 11.7 Å². The second-order valence-electron chi connectivity index (χ2n) is 7.18. The van der Waals surface area contributed by atoms with Gasteiger partial charge < -0.3 is 19.5 Å². The van der Waals surface area contributed by atoms with Gasteiger partial charge in [-0.05, 0) is 48.7 Å². The average Bonchev–Trinajstić information content (AvgIpc) is 3.20. The number of ether oxygens (including phenoxy) is 3. The first-order chi connectivity index (χ1) is 13.9. The Morgan fingerprint density at radius 2 is 1.79 bits per heavy atom. The Bertz CT molecular complexity index is 947. The van der Waals surface area contributed by atoms with E-state index in [0.29, 0.717) is 36.9 Å². The topological polar surface area (TPSA) is 63.5 Å². The summed E-state index contributed by atoms with van der Waals surface area (Å²) in [6.45, 7) is 1.74. The van der Waals surface area contributed by atoms with Crippen molar-refractivity contribution in [2.45, 2.75) is 24.4 Å². The minimum absolute atomic E-state index is 0.179. The number of nitrogens with zero attached hydrogens (tertiary/aromatic N) is 1. The van der Waals surface area contributed by atoms with E-state index in [1.165, 1.54) is 12.1 Å². The summed E-state index contributed by atoms with van der Waals surface area (Å²) in [6, 6.07) is 11.1. The van der Waals surface area contributed by atoms with Crippen LogP contribution in [0.2, 0.25) is 0 Å². The molecule has 29 heavy (non-hydrogen) atoms. The second-order valence-corrected chi connectivity index (χ2v) is 7.18. The number of nitrogens with one attached hydrogen (secondary N) is 1. The minimum atomic E-state index is -4.59. The van der Waals surface area contributed by atoms with Crippen molar-refractivity contribution in [3.63, 3.8) is 0 Å². The summed E-state index contributed by atoms with van der Waals surface area (Å²) in [6.07, 6.45) is -3.14. The number of alkyl halides is 3. The van der Waals surface area contributed by atoms with Crippen molar-refractivity contribution in [2.75, 3.05) is 31.9 Å². The van der Waals surface area contributed by atoms with E-state index >= 15 is 0 Å². The number of hydrogen-bond acceptors (Lipinski definition) is 5. The highest BCUT2D eigenvalue weighted by Gasteiger charge is 2.37. The molecule has 0 saturated carbocycles. The summed E-state index contributed by atoms with van der Waals surface area (Å²) < 4.78 is 56.1. The van der Waals surface area contributed by atoms with Crippen LogP contribution in [0.3, 0.4) is 0 Å². The van der Waals surface area contributed by atoms with Crippen LogP contribution in [0.25, 0.3) is 0 Å². The van der Waals surface area contributed by atoms with E-state index in [9.17, 15) is 13.2 Å². The fourth-order valence-corrected chi connectivity index (χ4v) is 3.81. The molecule has 1 saturated heterocycles. The maximum atomic E-state index is 13.3. The van der Waals surface area contributed by atoms with E-state index in [-0.39, 0.29) is 17.8 Å². The maximum absolute atomic E-state index is 13.3. The molecule has 2 aliphatic heterocycles. The van der Waals surface area contributed by atoms with E-state index in [4.69, 9.17) is 19.5 Å². The van der Waals surface area contributed by atoms with Gasteiger partial charge in [0.05, 0.1) is 17.2 Å². The smallest absolute Gasteiger partial charge is 0.417 e. The number of hydrogen-bond donors (Lipinski definition) is 1. The third kappa shape index (κ3) is 3.83. The summed E-state index contributed by atoms with van der Waals surface area (Å²) in [5, 5.41) is 12.1. The van der Waals surface area contributed by atoms with Gasteiger partial charge in [0.2, 0.25) is 6.79 Å². The molecule has 2 aromatic carbocycles. The molecule has 2 aromatic rings. The van der Waals surface area contributed by atoms with Gasteiger partial charge in [0, 0.05) is 30.9 Å². The fraction of sp³-hybridized carbons (Fsp3) is 0.381. The van der Waals surface area contributed by atoms with E-state index in [1.807, 2.05) is 18.2 Å². The van der Waals surface area contributed by atoms with Crippen molar-refractivity contribution in [1.82, 2.24) is 0 Å². The predicted octanol–water partition coefficient (Wildman–Crippen LogP) is 4.47. The monoisotopic (exact) mass is 404 g/mol. The normalized spacial score (nSPS) is 17.6. The van der Waals surface area contributed by atoms with Crippen LogP contribution < -0.4 is 14.8 Å². The van der Waals surface area contributed by atoms with Crippen LogP contribution in [0.5, 0.6) is 11.5 Å².